The Bertz CT molecular complexity index is 1530. The highest BCUT2D eigenvalue weighted by Gasteiger charge is 2.16. The summed E-state index contributed by atoms with van der Waals surface area (Å²) < 4.78 is 2.98. The smallest absolute Gasteiger partial charge is 0.263 e. The molecule has 0 aliphatic carbocycles. The molecule has 9 heteroatoms. The lowest BCUT2D eigenvalue weighted by Gasteiger charge is -2.08. The Hall–Kier alpha value is -4.79. The van der Waals surface area contributed by atoms with E-state index in [2.05, 4.69) is 25.5 Å². The number of benzene rings is 2. The Balaban J connectivity index is 1.51. The predicted molar refractivity (Wildman–Crippen MR) is 125 cm³/mol. The maximum Gasteiger partial charge on any atom is 0.263 e. The van der Waals surface area contributed by atoms with Crippen LogP contribution in [0.4, 0.5) is 5.82 Å². The van der Waals surface area contributed by atoms with Gasteiger partial charge in [-0.1, -0.05) is 48.5 Å². The van der Waals surface area contributed by atoms with Gasteiger partial charge in [-0.15, -0.1) is 0 Å². The monoisotopic (exact) mass is 437 g/mol. The van der Waals surface area contributed by atoms with Gasteiger partial charge in [-0.05, 0) is 30.7 Å². The van der Waals surface area contributed by atoms with Crippen LogP contribution in [0.5, 0.6) is 0 Å². The van der Waals surface area contributed by atoms with E-state index < -0.39 is 0 Å². The third-order valence-corrected chi connectivity index (χ3v) is 4.94. The second-order valence-corrected chi connectivity index (χ2v) is 7.33. The highest BCUT2D eigenvalue weighted by Crippen LogP contribution is 2.18. The van der Waals surface area contributed by atoms with Crippen molar-refractivity contribution in [2.24, 2.45) is 0 Å². The number of aromatic amines is 1. The van der Waals surface area contributed by atoms with E-state index in [0.717, 1.165) is 11.3 Å². The number of anilines is 1. The summed E-state index contributed by atoms with van der Waals surface area (Å²) in [6, 6.07) is 20.6. The predicted octanol–water partition coefficient (Wildman–Crippen LogP) is 3.25. The largest absolute Gasteiger partial charge is 0.307 e. The first kappa shape index (κ1) is 20.1. The third-order valence-electron chi connectivity index (χ3n) is 4.94. The van der Waals surface area contributed by atoms with Crippen molar-refractivity contribution in [3.8, 4) is 11.6 Å². The van der Waals surface area contributed by atoms with Gasteiger partial charge in [0.15, 0.2) is 5.65 Å². The van der Waals surface area contributed by atoms with Crippen LogP contribution < -0.4 is 10.9 Å². The molecule has 1 amide bonds. The summed E-state index contributed by atoms with van der Waals surface area (Å²) in [4.78, 5) is 32.6. The second kappa shape index (κ2) is 8.39. The van der Waals surface area contributed by atoms with Gasteiger partial charge in [-0.25, -0.2) is 4.68 Å². The molecule has 0 radical (unpaired) electrons. The Kier molecular flexibility index (Phi) is 5.12. The molecule has 0 fully saturated rings. The molecule has 5 rings (SSSR count). The van der Waals surface area contributed by atoms with E-state index in [0.29, 0.717) is 22.5 Å². The van der Waals surface area contributed by atoms with E-state index >= 15 is 0 Å². The molecule has 0 unspecified atom stereocenters. The number of rotatable bonds is 5. The molecule has 0 saturated heterocycles. The van der Waals surface area contributed by atoms with Gasteiger partial charge in [-0.2, -0.15) is 19.9 Å². The van der Waals surface area contributed by atoms with Crippen LogP contribution in [-0.4, -0.2) is 35.4 Å². The zero-order valence-electron chi connectivity index (χ0n) is 17.6. The van der Waals surface area contributed by atoms with Crippen LogP contribution in [0.15, 0.2) is 83.8 Å². The molecule has 3 heterocycles. The van der Waals surface area contributed by atoms with Crippen LogP contribution in [0.3, 0.4) is 0 Å². The lowest BCUT2D eigenvalue weighted by atomic mass is 10.2. The van der Waals surface area contributed by atoms with Gasteiger partial charge in [0.1, 0.15) is 11.2 Å². The molecule has 5 aromatic rings. The van der Waals surface area contributed by atoms with Crippen molar-refractivity contribution in [2.45, 2.75) is 6.92 Å². The quantitative estimate of drug-likeness (QED) is 0.410. The Morgan fingerprint density at radius 2 is 1.76 bits per heavy atom. The van der Waals surface area contributed by atoms with Crippen LogP contribution in [0.2, 0.25) is 0 Å². The average Bonchev–Trinajstić information content (AvgIpc) is 3.42. The summed E-state index contributed by atoms with van der Waals surface area (Å²) in [5.74, 6) is 0.210. The normalized spacial score (nSPS) is 11.3. The minimum Gasteiger partial charge on any atom is -0.307 e. The second-order valence-electron chi connectivity index (χ2n) is 7.33. The van der Waals surface area contributed by atoms with E-state index in [4.69, 9.17) is 0 Å². The van der Waals surface area contributed by atoms with Gasteiger partial charge in [-0.3, -0.25) is 14.6 Å². The number of aromatic nitrogens is 6. The number of H-pyrrole nitrogens is 1. The molecular formula is C24H19N7O2. The number of fused-ring (bicyclic) bond motifs is 1. The van der Waals surface area contributed by atoms with Gasteiger partial charge in [0.2, 0.25) is 11.9 Å². The van der Waals surface area contributed by atoms with Crippen LogP contribution in [-0.2, 0) is 4.79 Å². The number of hydrogen-bond donors (Lipinski definition) is 2. The highest BCUT2D eigenvalue weighted by atomic mass is 16.1. The maximum absolute atomic E-state index is 12.7. The molecule has 3 aromatic heterocycles. The van der Waals surface area contributed by atoms with Crippen molar-refractivity contribution in [1.82, 2.24) is 29.5 Å². The first-order valence-electron chi connectivity index (χ1n) is 10.2. The van der Waals surface area contributed by atoms with E-state index in [-0.39, 0.29) is 17.4 Å². The molecule has 2 N–H and O–H groups in total. The lowest BCUT2D eigenvalue weighted by molar-refractivity contribution is -0.111. The maximum atomic E-state index is 12.7. The summed E-state index contributed by atoms with van der Waals surface area (Å²) >= 11 is 0. The minimum absolute atomic E-state index is 0.167. The number of carbonyl (C=O) groups excluding carboxylic acids is 1. The van der Waals surface area contributed by atoms with Crippen molar-refractivity contribution in [3.05, 3.63) is 101 Å². The van der Waals surface area contributed by atoms with E-state index in [1.807, 2.05) is 60.7 Å². The fraction of sp³-hybridized carbons (Fsp3) is 0.0417. The Morgan fingerprint density at radius 1 is 1.03 bits per heavy atom. The van der Waals surface area contributed by atoms with Crippen LogP contribution in [0.25, 0.3) is 28.7 Å². The molecule has 2 aromatic carbocycles. The zero-order valence-corrected chi connectivity index (χ0v) is 17.6. The fourth-order valence-electron chi connectivity index (χ4n) is 3.42. The molecule has 0 bridgehead atoms. The zero-order chi connectivity index (χ0) is 22.8. The third kappa shape index (κ3) is 4.07. The molecule has 33 heavy (non-hydrogen) atoms. The molecule has 0 aliphatic heterocycles. The SMILES string of the molecule is Cc1cc(NC(=O)C=Cc2ccccc2)n(-c2nc3c(cnn3-c3ccccc3)c(=O)[nH]2)n1. The summed E-state index contributed by atoms with van der Waals surface area (Å²) in [7, 11) is 0. The Labute approximate surface area is 188 Å². The lowest BCUT2D eigenvalue weighted by Crippen LogP contribution is -2.18. The summed E-state index contributed by atoms with van der Waals surface area (Å²) in [6.07, 6.45) is 4.63. The first-order valence-corrected chi connectivity index (χ1v) is 10.2. The molecule has 0 spiro atoms. The van der Waals surface area contributed by atoms with Gasteiger partial charge in [0.25, 0.3) is 5.56 Å². The molecule has 9 nitrogen and oxygen atoms in total. The number of nitrogens with one attached hydrogen (secondary N) is 2. The van der Waals surface area contributed by atoms with Crippen LogP contribution >= 0.6 is 0 Å². The van der Waals surface area contributed by atoms with Gasteiger partial charge in [0, 0.05) is 12.1 Å². The molecular weight excluding hydrogens is 418 g/mol. The van der Waals surface area contributed by atoms with E-state index in [1.54, 1.807) is 23.7 Å². The average molecular weight is 437 g/mol. The number of nitrogens with zero attached hydrogens (tertiary/aromatic N) is 5. The van der Waals surface area contributed by atoms with Crippen LogP contribution in [0, 0.1) is 6.92 Å². The van der Waals surface area contributed by atoms with Gasteiger partial charge >= 0.3 is 0 Å². The van der Waals surface area contributed by atoms with Gasteiger partial charge in [0.05, 0.1) is 17.6 Å². The first-order chi connectivity index (χ1) is 16.1. The Morgan fingerprint density at radius 3 is 2.52 bits per heavy atom. The number of aryl methyl sites for hydroxylation is 1. The molecule has 0 atom stereocenters. The van der Waals surface area contributed by atoms with E-state index in [9.17, 15) is 9.59 Å². The van der Waals surface area contributed by atoms with Crippen molar-refractivity contribution in [3.63, 3.8) is 0 Å². The molecule has 0 aliphatic rings. The van der Waals surface area contributed by atoms with Crippen molar-refractivity contribution in [2.75, 3.05) is 5.32 Å². The minimum atomic E-state index is -0.355. The number of hydrogen-bond acceptors (Lipinski definition) is 5. The number of para-hydroxylation sites is 1. The van der Waals surface area contributed by atoms with E-state index in [1.165, 1.54) is 17.0 Å². The summed E-state index contributed by atoms with van der Waals surface area (Å²) in [6.45, 7) is 1.79. The summed E-state index contributed by atoms with van der Waals surface area (Å²) in [5.41, 5.74) is 2.35. The standard InChI is InChI=1S/C24H19N7O2/c1-16-14-20(26-21(32)13-12-17-8-4-2-5-9-17)31(29-16)24-27-22-19(23(33)28-24)15-25-30(22)18-10-6-3-7-11-18/h2-15H,1H3,(H,26,32)(H,27,28,33). The fourth-order valence-corrected chi connectivity index (χ4v) is 3.42. The molecule has 162 valence electrons. The van der Waals surface area contributed by atoms with Crippen molar-refractivity contribution >= 4 is 28.8 Å². The van der Waals surface area contributed by atoms with Crippen molar-refractivity contribution < 1.29 is 4.79 Å². The molecule has 0 saturated carbocycles. The highest BCUT2D eigenvalue weighted by molar-refractivity contribution is 6.01. The number of amides is 1. The topological polar surface area (TPSA) is 110 Å². The summed E-state index contributed by atoms with van der Waals surface area (Å²) in [5, 5.41) is 11.9. The number of carbonyl (C=O) groups is 1. The van der Waals surface area contributed by atoms with Crippen LogP contribution in [0.1, 0.15) is 11.3 Å². The van der Waals surface area contributed by atoms with Gasteiger partial charge < -0.3 is 5.32 Å². The van der Waals surface area contributed by atoms with Crippen molar-refractivity contribution in [1.29, 1.82) is 0 Å².